The molecule has 2 N–H and O–H groups in total. The maximum atomic E-state index is 12.9. The molecule has 6 nitrogen and oxygen atoms in total. The van der Waals surface area contributed by atoms with Gasteiger partial charge < -0.3 is 15.0 Å². The third-order valence-corrected chi connectivity index (χ3v) is 3.37. The fraction of sp³-hybridized carbons (Fsp3) is 0.0625. The predicted octanol–water partition coefficient (Wildman–Crippen LogP) is 3.47. The van der Waals surface area contributed by atoms with Crippen molar-refractivity contribution in [3.05, 3.63) is 64.8 Å². The third kappa shape index (κ3) is 3.52. The number of hydrogen-bond donors (Lipinski definition) is 1. The van der Waals surface area contributed by atoms with Crippen molar-refractivity contribution in [2.24, 2.45) is 0 Å². The van der Waals surface area contributed by atoms with Gasteiger partial charge in [-0.05, 0) is 42.5 Å². The average molecular weight is 348 g/mol. The second kappa shape index (κ2) is 6.67. The number of ether oxygens (including phenoxy) is 1. The van der Waals surface area contributed by atoms with E-state index < -0.39 is 5.97 Å². The van der Waals surface area contributed by atoms with Crippen molar-refractivity contribution in [3.63, 3.8) is 0 Å². The molecule has 24 heavy (non-hydrogen) atoms. The number of nitrogen functional groups attached to an aromatic ring is 1. The van der Waals surface area contributed by atoms with E-state index >= 15 is 0 Å². The lowest BCUT2D eigenvalue weighted by Crippen LogP contribution is -2.08. The molecule has 0 aliphatic heterocycles. The zero-order chi connectivity index (χ0) is 17.1. The molecule has 0 amide bonds. The van der Waals surface area contributed by atoms with Gasteiger partial charge in [0, 0.05) is 16.3 Å². The van der Waals surface area contributed by atoms with Crippen molar-refractivity contribution in [1.29, 1.82) is 0 Å². The molecule has 1 heterocycles. The summed E-state index contributed by atoms with van der Waals surface area (Å²) >= 11 is 5.83. The number of carbonyl (C=O) groups is 1. The van der Waals surface area contributed by atoms with E-state index in [-0.39, 0.29) is 35.4 Å². The Balaban J connectivity index is 1.68. The topological polar surface area (TPSA) is 91.2 Å². The summed E-state index contributed by atoms with van der Waals surface area (Å²) in [6, 6.07) is 10.1. The monoisotopic (exact) mass is 347 g/mol. The predicted molar refractivity (Wildman–Crippen MR) is 84.7 cm³/mol. The molecule has 1 aromatic heterocycles. The van der Waals surface area contributed by atoms with Crippen molar-refractivity contribution in [3.8, 4) is 11.4 Å². The molecule has 3 aromatic rings. The van der Waals surface area contributed by atoms with Gasteiger partial charge in [-0.25, -0.2) is 9.18 Å². The summed E-state index contributed by atoms with van der Waals surface area (Å²) in [6.45, 7) is -0.223. The summed E-state index contributed by atoms with van der Waals surface area (Å²) in [5, 5.41) is 4.12. The van der Waals surface area contributed by atoms with Gasteiger partial charge >= 0.3 is 5.97 Å². The lowest BCUT2D eigenvalue weighted by Gasteiger charge is -2.05. The number of halogens is 2. The van der Waals surface area contributed by atoms with Gasteiger partial charge in [0.1, 0.15) is 5.82 Å². The molecule has 0 saturated heterocycles. The number of carbonyl (C=O) groups excluding carboxylic acids is 1. The van der Waals surface area contributed by atoms with E-state index in [2.05, 4.69) is 10.1 Å². The van der Waals surface area contributed by atoms with Gasteiger partial charge in [0.15, 0.2) is 6.61 Å². The number of esters is 1. The lowest BCUT2D eigenvalue weighted by atomic mass is 10.2. The quantitative estimate of drug-likeness (QED) is 0.574. The third-order valence-electron chi connectivity index (χ3n) is 3.13. The maximum Gasteiger partial charge on any atom is 0.340 e. The Morgan fingerprint density at radius 2 is 2.00 bits per heavy atom. The molecular weight excluding hydrogens is 337 g/mol. The molecule has 0 fully saturated rings. The van der Waals surface area contributed by atoms with Crippen molar-refractivity contribution in [1.82, 2.24) is 10.1 Å². The fourth-order valence-electron chi connectivity index (χ4n) is 1.94. The lowest BCUT2D eigenvalue weighted by molar-refractivity contribution is 0.0431. The van der Waals surface area contributed by atoms with Crippen LogP contribution < -0.4 is 5.73 Å². The number of aromatic nitrogens is 2. The second-order valence-corrected chi connectivity index (χ2v) is 5.26. The van der Waals surface area contributed by atoms with E-state index in [0.29, 0.717) is 10.6 Å². The van der Waals surface area contributed by atoms with Gasteiger partial charge in [-0.1, -0.05) is 16.8 Å². The Hall–Kier alpha value is -2.93. The standard InChI is InChI=1S/C16H11ClFN3O3/c17-10-3-6-13(19)12(7-10)16(22)23-8-14-20-15(21-24-14)9-1-4-11(18)5-2-9/h1-7H,8,19H2. The van der Waals surface area contributed by atoms with E-state index in [1.54, 1.807) is 6.07 Å². The molecule has 3 rings (SSSR count). The molecule has 122 valence electrons. The minimum absolute atomic E-state index is 0.100. The normalized spacial score (nSPS) is 10.6. The zero-order valence-corrected chi connectivity index (χ0v) is 13.0. The van der Waals surface area contributed by atoms with Crippen LogP contribution in [0.3, 0.4) is 0 Å². The van der Waals surface area contributed by atoms with Crippen LogP contribution in [0.1, 0.15) is 16.2 Å². The Morgan fingerprint density at radius 3 is 2.75 bits per heavy atom. The van der Waals surface area contributed by atoms with Crippen molar-refractivity contribution < 1.29 is 18.4 Å². The highest BCUT2D eigenvalue weighted by Crippen LogP contribution is 2.20. The van der Waals surface area contributed by atoms with Gasteiger partial charge in [-0.2, -0.15) is 4.98 Å². The Bertz CT molecular complexity index is 881. The van der Waals surface area contributed by atoms with E-state index in [1.165, 1.54) is 36.4 Å². The Kier molecular flexibility index (Phi) is 4.43. The van der Waals surface area contributed by atoms with Crippen LogP contribution in [0.4, 0.5) is 10.1 Å². The molecule has 0 spiro atoms. The van der Waals surface area contributed by atoms with Crippen LogP contribution in [0.2, 0.25) is 5.02 Å². The van der Waals surface area contributed by atoms with Gasteiger partial charge in [-0.3, -0.25) is 0 Å². The van der Waals surface area contributed by atoms with Crippen LogP contribution >= 0.6 is 11.6 Å². The van der Waals surface area contributed by atoms with Crippen LogP contribution in [0.15, 0.2) is 47.0 Å². The highest BCUT2D eigenvalue weighted by molar-refractivity contribution is 6.31. The van der Waals surface area contributed by atoms with E-state index in [4.69, 9.17) is 26.6 Å². The average Bonchev–Trinajstić information content (AvgIpc) is 3.04. The Labute approximate surface area is 141 Å². The SMILES string of the molecule is Nc1ccc(Cl)cc1C(=O)OCc1nc(-c2ccc(F)cc2)no1. The first-order chi connectivity index (χ1) is 11.5. The molecule has 2 aromatic carbocycles. The molecule has 0 unspecified atom stereocenters. The summed E-state index contributed by atoms with van der Waals surface area (Å²) in [5.74, 6) is -0.654. The first-order valence-corrected chi connectivity index (χ1v) is 7.21. The zero-order valence-electron chi connectivity index (χ0n) is 12.2. The van der Waals surface area contributed by atoms with Crippen LogP contribution in [0.5, 0.6) is 0 Å². The number of rotatable bonds is 4. The number of nitrogens with two attached hydrogens (primary N) is 1. The van der Waals surface area contributed by atoms with Crippen molar-refractivity contribution in [2.45, 2.75) is 6.61 Å². The van der Waals surface area contributed by atoms with E-state index in [0.717, 1.165) is 0 Å². The maximum absolute atomic E-state index is 12.9. The second-order valence-electron chi connectivity index (χ2n) is 4.83. The van der Waals surface area contributed by atoms with Gasteiger partial charge in [0.2, 0.25) is 5.82 Å². The first-order valence-electron chi connectivity index (χ1n) is 6.83. The molecule has 0 saturated carbocycles. The van der Waals surface area contributed by atoms with Gasteiger partial charge in [0.05, 0.1) is 5.56 Å². The summed E-state index contributed by atoms with van der Waals surface area (Å²) in [4.78, 5) is 16.1. The molecule has 8 heteroatoms. The van der Waals surface area contributed by atoms with Crippen LogP contribution in [0, 0.1) is 5.82 Å². The number of hydrogen-bond acceptors (Lipinski definition) is 6. The van der Waals surface area contributed by atoms with E-state index in [1.807, 2.05) is 0 Å². The molecule has 0 radical (unpaired) electrons. The number of benzene rings is 2. The first kappa shape index (κ1) is 15.9. The van der Waals surface area contributed by atoms with E-state index in [9.17, 15) is 9.18 Å². The summed E-state index contributed by atoms with van der Waals surface area (Å²) < 4.78 is 23.0. The van der Waals surface area contributed by atoms with Crippen LogP contribution in [-0.2, 0) is 11.3 Å². The summed E-state index contributed by atoms with van der Waals surface area (Å²) in [7, 11) is 0. The van der Waals surface area contributed by atoms with Crippen molar-refractivity contribution in [2.75, 3.05) is 5.73 Å². The molecule has 0 bridgehead atoms. The van der Waals surface area contributed by atoms with Crippen LogP contribution in [0.25, 0.3) is 11.4 Å². The molecule has 0 atom stereocenters. The van der Waals surface area contributed by atoms with Gasteiger partial charge in [0.25, 0.3) is 5.89 Å². The fourth-order valence-corrected chi connectivity index (χ4v) is 2.11. The van der Waals surface area contributed by atoms with Gasteiger partial charge in [-0.15, -0.1) is 0 Å². The smallest absolute Gasteiger partial charge is 0.340 e. The summed E-state index contributed by atoms with van der Waals surface area (Å²) in [6.07, 6.45) is 0. The highest BCUT2D eigenvalue weighted by atomic mass is 35.5. The minimum atomic E-state index is -0.656. The van der Waals surface area contributed by atoms with Crippen molar-refractivity contribution >= 4 is 23.3 Å². The molecule has 0 aliphatic carbocycles. The van der Waals surface area contributed by atoms with Crippen LogP contribution in [-0.4, -0.2) is 16.1 Å². The Morgan fingerprint density at radius 1 is 1.25 bits per heavy atom. The highest BCUT2D eigenvalue weighted by Gasteiger charge is 2.15. The number of nitrogens with zero attached hydrogens (tertiary/aromatic N) is 2. The largest absolute Gasteiger partial charge is 0.452 e. The minimum Gasteiger partial charge on any atom is -0.452 e. The number of anilines is 1. The molecule has 0 aliphatic rings. The molecular formula is C16H11ClFN3O3. The summed E-state index contributed by atoms with van der Waals surface area (Å²) in [5.41, 5.74) is 6.70.